The molecule has 1 fully saturated rings. The molecule has 1 aliphatic heterocycles. The molecule has 1 N–H and O–H groups in total. The Labute approximate surface area is 137 Å². The van der Waals surface area contributed by atoms with Crippen molar-refractivity contribution in [1.29, 1.82) is 0 Å². The topological polar surface area (TPSA) is 23.5 Å². The molecule has 2 aromatic carbocycles. The van der Waals surface area contributed by atoms with Crippen molar-refractivity contribution < 1.29 is 9.50 Å². The van der Waals surface area contributed by atoms with Gasteiger partial charge in [-0.3, -0.25) is 0 Å². The monoisotopic (exact) mass is 313 g/mol. The number of aliphatic hydroxyl groups excluding tert-OH is 1. The normalized spacial score (nSPS) is 18.5. The van der Waals surface area contributed by atoms with Crippen molar-refractivity contribution >= 4 is 0 Å². The largest absolute Gasteiger partial charge is 0.388 e. The van der Waals surface area contributed by atoms with E-state index < -0.39 is 6.10 Å². The van der Waals surface area contributed by atoms with E-state index in [1.165, 1.54) is 31.4 Å². The van der Waals surface area contributed by atoms with E-state index in [4.69, 9.17) is 0 Å². The van der Waals surface area contributed by atoms with E-state index >= 15 is 0 Å². The zero-order chi connectivity index (χ0) is 16.1. The van der Waals surface area contributed by atoms with Gasteiger partial charge in [-0.05, 0) is 49.2 Å². The molecule has 0 aliphatic carbocycles. The second-order valence-corrected chi connectivity index (χ2v) is 6.37. The molecule has 0 bridgehead atoms. The average Bonchev–Trinajstić information content (AvgIpc) is 2.61. The van der Waals surface area contributed by atoms with Gasteiger partial charge in [-0.1, -0.05) is 48.9 Å². The van der Waals surface area contributed by atoms with Crippen molar-refractivity contribution in [2.45, 2.75) is 31.3 Å². The summed E-state index contributed by atoms with van der Waals surface area (Å²) < 4.78 is 13.2. The molecule has 2 aromatic rings. The predicted molar refractivity (Wildman–Crippen MR) is 90.8 cm³/mol. The third kappa shape index (κ3) is 4.18. The molecule has 0 radical (unpaired) electrons. The van der Waals surface area contributed by atoms with Crippen LogP contribution in [0.25, 0.3) is 0 Å². The highest BCUT2D eigenvalue weighted by Gasteiger charge is 2.25. The van der Waals surface area contributed by atoms with Crippen LogP contribution in [0.5, 0.6) is 0 Å². The van der Waals surface area contributed by atoms with Crippen molar-refractivity contribution in [3.8, 4) is 0 Å². The second-order valence-electron chi connectivity index (χ2n) is 6.37. The summed E-state index contributed by atoms with van der Waals surface area (Å²) in [6.07, 6.45) is 3.13. The molecule has 0 spiro atoms. The molecule has 23 heavy (non-hydrogen) atoms. The molecule has 0 aromatic heterocycles. The van der Waals surface area contributed by atoms with Crippen LogP contribution in [0.15, 0.2) is 54.6 Å². The molecule has 2 atom stereocenters. The highest BCUT2D eigenvalue weighted by molar-refractivity contribution is 5.27. The lowest BCUT2D eigenvalue weighted by atomic mass is 9.88. The molecule has 2 unspecified atom stereocenters. The Bertz CT molecular complexity index is 593. The van der Waals surface area contributed by atoms with E-state index in [0.29, 0.717) is 0 Å². The van der Waals surface area contributed by atoms with Crippen molar-refractivity contribution in [3.05, 3.63) is 71.5 Å². The van der Waals surface area contributed by atoms with Crippen molar-refractivity contribution in [1.82, 2.24) is 4.90 Å². The maximum atomic E-state index is 13.2. The number of hydrogen-bond acceptors (Lipinski definition) is 2. The lowest BCUT2D eigenvalue weighted by Crippen LogP contribution is -2.35. The third-order valence-corrected chi connectivity index (χ3v) is 4.72. The highest BCUT2D eigenvalue weighted by Crippen LogP contribution is 2.32. The quantitative estimate of drug-likeness (QED) is 0.897. The fraction of sp³-hybridized carbons (Fsp3) is 0.400. The highest BCUT2D eigenvalue weighted by atomic mass is 19.1. The van der Waals surface area contributed by atoms with E-state index in [1.54, 1.807) is 12.1 Å². The molecular formula is C20H24FNO. The van der Waals surface area contributed by atoms with Gasteiger partial charge in [0.2, 0.25) is 0 Å². The summed E-state index contributed by atoms with van der Waals surface area (Å²) in [6, 6.07) is 16.4. The van der Waals surface area contributed by atoms with Gasteiger partial charge in [-0.25, -0.2) is 4.39 Å². The van der Waals surface area contributed by atoms with Crippen molar-refractivity contribution in [2.24, 2.45) is 0 Å². The minimum atomic E-state index is -0.625. The first-order valence-corrected chi connectivity index (χ1v) is 8.45. The van der Waals surface area contributed by atoms with Crippen LogP contribution in [0.1, 0.15) is 42.4 Å². The average molecular weight is 313 g/mol. The Morgan fingerprint density at radius 2 is 1.52 bits per heavy atom. The van der Waals surface area contributed by atoms with Crippen LogP contribution in [0, 0.1) is 5.82 Å². The molecule has 1 aliphatic rings. The van der Waals surface area contributed by atoms with Crippen molar-refractivity contribution in [3.63, 3.8) is 0 Å². The number of likely N-dealkylation sites (tertiary alicyclic amines) is 1. The molecular weight excluding hydrogens is 289 g/mol. The number of rotatable bonds is 5. The van der Waals surface area contributed by atoms with E-state index in [2.05, 4.69) is 17.0 Å². The van der Waals surface area contributed by atoms with Crippen LogP contribution >= 0.6 is 0 Å². The summed E-state index contributed by atoms with van der Waals surface area (Å²) >= 11 is 0. The summed E-state index contributed by atoms with van der Waals surface area (Å²) in [7, 11) is 0. The zero-order valence-corrected chi connectivity index (χ0v) is 13.4. The van der Waals surface area contributed by atoms with Crippen LogP contribution in [-0.4, -0.2) is 29.6 Å². The van der Waals surface area contributed by atoms with Gasteiger partial charge in [-0.15, -0.1) is 0 Å². The van der Waals surface area contributed by atoms with Gasteiger partial charge in [0, 0.05) is 12.5 Å². The fourth-order valence-electron chi connectivity index (χ4n) is 3.40. The number of piperidine rings is 1. The summed E-state index contributed by atoms with van der Waals surface area (Å²) in [5, 5.41) is 10.9. The number of halogens is 1. The van der Waals surface area contributed by atoms with E-state index in [9.17, 15) is 9.50 Å². The Balaban J connectivity index is 1.83. The number of nitrogens with zero attached hydrogens (tertiary/aromatic N) is 1. The summed E-state index contributed by atoms with van der Waals surface area (Å²) in [4.78, 5) is 2.44. The SMILES string of the molecule is OC(c1ccc(F)cc1)C(CN1CCCCC1)c1ccccc1. The maximum Gasteiger partial charge on any atom is 0.123 e. The predicted octanol–water partition coefficient (Wildman–Crippen LogP) is 4.13. The fourth-order valence-corrected chi connectivity index (χ4v) is 3.40. The van der Waals surface area contributed by atoms with E-state index in [0.717, 1.165) is 30.8 Å². The van der Waals surface area contributed by atoms with Crippen LogP contribution in [0.4, 0.5) is 4.39 Å². The molecule has 2 nitrogen and oxygen atoms in total. The van der Waals surface area contributed by atoms with Gasteiger partial charge in [-0.2, -0.15) is 0 Å². The number of hydrogen-bond donors (Lipinski definition) is 1. The van der Waals surface area contributed by atoms with E-state index in [-0.39, 0.29) is 11.7 Å². The third-order valence-electron chi connectivity index (χ3n) is 4.72. The summed E-state index contributed by atoms with van der Waals surface area (Å²) in [5.74, 6) is -0.270. The minimum absolute atomic E-state index is 0.000221. The van der Waals surface area contributed by atoms with Crippen LogP contribution in [-0.2, 0) is 0 Å². The molecule has 3 heteroatoms. The van der Waals surface area contributed by atoms with Gasteiger partial charge in [0.15, 0.2) is 0 Å². The Kier molecular flexibility index (Phi) is 5.42. The Morgan fingerprint density at radius 3 is 2.17 bits per heavy atom. The first-order chi connectivity index (χ1) is 11.2. The maximum absolute atomic E-state index is 13.2. The van der Waals surface area contributed by atoms with Crippen LogP contribution in [0.3, 0.4) is 0 Å². The van der Waals surface area contributed by atoms with Gasteiger partial charge in [0.1, 0.15) is 5.82 Å². The Morgan fingerprint density at radius 1 is 0.870 bits per heavy atom. The summed E-state index contributed by atoms with van der Waals surface area (Å²) in [5.41, 5.74) is 1.91. The van der Waals surface area contributed by atoms with Gasteiger partial charge >= 0.3 is 0 Å². The number of aliphatic hydroxyl groups is 1. The molecule has 122 valence electrons. The van der Waals surface area contributed by atoms with E-state index in [1.807, 2.05) is 18.2 Å². The second kappa shape index (κ2) is 7.71. The number of benzene rings is 2. The summed E-state index contributed by atoms with van der Waals surface area (Å²) in [6.45, 7) is 3.03. The Hall–Kier alpha value is -1.71. The first-order valence-electron chi connectivity index (χ1n) is 8.45. The van der Waals surface area contributed by atoms with Gasteiger partial charge < -0.3 is 10.0 Å². The lowest BCUT2D eigenvalue weighted by molar-refractivity contribution is 0.109. The first kappa shape index (κ1) is 16.2. The zero-order valence-electron chi connectivity index (χ0n) is 13.4. The molecule has 0 amide bonds. The molecule has 1 heterocycles. The standard InChI is InChI=1S/C20H24FNO/c21-18-11-9-17(10-12-18)20(23)19(16-7-3-1-4-8-16)15-22-13-5-2-6-14-22/h1,3-4,7-12,19-20,23H,2,5-6,13-15H2. The molecule has 0 saturated carbocycles. The lowest BCUT2D eigenvalue weighted by Gasteiger charge is -2.33. The molecule has 3 rings (SSSR count). The molecule has 1 saturated heterocycles. The van der Waals surface area contributed by atoms with Gasteiger partial charge in [0.25, 0.3) is 0 Å². The van der Waals surface area contributed by atoms with Gasteiger partial charge in [0.05, 0.1) is 6.10 Å². The van der Waals surface area contributed by atoms with Crippen LogP contribution in [0.2, 0.25) is 0 Å². The van der Waals surface area contributed by atoms with Crippen molar-refractivity contribution in [2.75, 3.05) is 19.6 Å². The van der Waals surface area contributed by atoms with Crippen LogP contribution < -0.4 is 0 Å². The minimum Gasteiger partial charge on any atom is -0.388 e. The smallest absolute Gasteiger partial charge is 0.123 e.